The number of hydrogen-bond donors (Lipinski definition) is 2. The van der Waals surface area contributed by atoms with Gasteiger partial charge in [-0.05, 0) is 44.0 Å². The number of aromatic amines is 1. The van der Waals surface area contributed by atoms with E-state index in [1.54, 1.807) is 13.2 Å². The number of carbonyl (C=O) groups is 1. The number of rotatable bonds is 9. The molecule has 0 atom stereocenters. The zero-order chi connectivity index (χ0) is 17.4. The van der Waals surface area contributed by atoms with Crippen molar-refractivity contribution in [3.05, 3.63) is 40.2 Å². The molecule has 6 heteroatoms. The number of ether oxygens (including phenoxy) is 2. The first kappa shape index (κ1) is 18.0. The van der Waals surface area contributed by atoms with Gasteiger partial charge in [0.15, 0.2) is 0 Å². The number of pyridine rings is 1. The maximum absolute atomic E-state index is 12.1. The maximum atomic E-state index is 12.1. The van der Waals surface area contributed by atoms with Crippen molar-refractivity contribution in [1.82, 2.24) is 10.3 Å². The third-order valence-electron chi connectivity index (χ3n) is 3.74. The third kappa shape index (κ3) is 5.09. The van der Waals surface area contributed by atoms with Gasteiger partial charge in [0.1, 0.15) is 5.75 Å². The molecule has 0 aliphatic heterocycles. The second kappa shape index (κ2) is 9.08. The van der Waals surface area contributed by atoms with Gasteiger partial charge in [-0.15, -0.1) is 0 Å². The molecule has 6 nitrogen and oxygen atoms in total. The Morgan fingerprint density at radius 1 is 1.29 bits per heavy atom. The zero-order valence-electron chi connectivity index (χ0n) is 14.2. The molecule has 0 radical (unpaired) electrons. The number of aromatic nitrogens is 1. The van der Waals surface area contributed by atoms with Gasteiger partial charge in [-0.25, -0.2) is 0 Å². The van der Waals surface area contributed by atoms with E-state index in [-0.39, 0.29) is 17.9 Å². The molecule has 2 aromatic rings. The van der Waals surface area contributed by atoms with E-state index >= 15 is 0 Å². The van der Waals surface area contributed by atoms with Crippen LogP contribution in [-0.4, -0.2) is 37.8 Å². The van der Waals surface area contributed by atoms with Crippen molar-refractivity contribution in [3.63, 3.8) is 0 Å². The number of aryl methyl sites for hydroxylation is 1. The zero-order valence-corrected chi connectivity index (χ0v) is 14.2. The Bertz CT molecular complexity index is 739. The van der Waals surface area contributed by atoms with E-state index in [9.17, 15) is 9.59 Å². The SMILES string of the molecule is CCOCCCNC(=O)CCc1cc2cc(OC)ccc2[nH]c1=O. The number of carbonyl (C=O) groups excluding carboxylic acids is 1. The second-order valence-corrected chi connectivity index (χ2v) is 5.48. The van der Waals surface area contributed by atoms with Crippen LogP contribution >= 0.6 is 0 Å². The fraction of sp³-hybridized carbons (Fsp3) is 0.444. The Hall–Kier alpha value is -2.34. The minimum absolute atomic E-state index is 0.0587. The van der Waals surface area contributed by atoms with Crippen molar-refractivity contribution in [2.24, 2.45) is 0 Å². The molecule has 0 bridgehead atoms. The van der Waals surface area contributed by atoms with Crippen LogP contribution in [0.15, 0.2) is 29.1 Å². The van der Waals surface area contributed by atoms with E-state index in [2.05, 4.69) is 10.3 Å². The molecule has 0 aliphatic rings. The first-order valence-corrected chi connectivity index (χ1v) is 8.18. The molecule has 1 aromatic carbocycles. The van der Waals surface area contributed by atoms with Gasteiger partial charge in [0, 0.05) is 42.6 Å². The standard InChI is InChI=1S/C18H24N2O4/c1-3-24-10-4-9-19-17(21)8-5-13-11-14-12-15(23-2)6-7-16(14)20-18(13)22/h6-7,11-12H,3-5,8-10H2,1-2H3,(H,19,21)(H,20,22). The molecule has 0 aliphatic carbocycles. The summed E-state index contributed by atoms with van der Waals surface area (Å²) >= 11 is 0. The molecule has 130 valence electrons. The Kier molecular flexibility index (Phi) is 6.81. The minimum atomic E-state index is -0.156. The van der Waals surface area contributed by atoms with E-state index in [1.807, 2.05) is 25.1 Å². The first-order chi connectivity index (χ1) is 11.6. The molecule has 24 heavy (non-hydrogen) atoms. The minimum Gasteiger partial charge on any atom is -0.497 e. The van der Waals surface area contributed by atoms with E-state index in [0.717, 1.165) is 23.1 Å². The van der Waals surface area contributed by atoms with Gasteiger partial charge in [-0.3, -0.25) is 9.59 Å². The van der Waals surface area contributed by atoms with E-state index in [1.165, 1.54) is 0 Å². The molecule has 0 fully saturated rings. The molecule has 1 aromatic heterocycles. The Morgan fingerprint density at radius 2 is 2.12 bits per heavy atom. The average molecular weight is 332 g/mol. The summed E-state index contributed by atoms with van der Waals surface area (Å²) in [7, 11) is 1.60. The summed E-state index contributed by atoms with van der Waals surface area (Å²) in [6.45, 7) is 3.85. The highest BCUT2D eigenvalue weighted by Crippen LogP contribution is 2.19. The molecule has 0 saturated heterocycles. The highest BCUT2D eigenvalue weighted by Gasteiger charge is 2.07. The largest absolute Gasteiger partial charge is 0.497 e. The highest BCUT2D eigenvalue weighted by atomic mass is 16.5. The van der Waals surface area contributed by atoms with Gasteiger partial charge in [0.25, 0.3) is 5.56 Å². The van der Waals surface area contributed by atoms with E-state index in [4.69, 9.17) is 9.47 Å². The third-order valence-corrected chi connectivity index (χ3v) is 3.74. The topological polar surface area (TPSA) is 80.4 Å². The van der Waals surface area contributed by atoms with Gasteiger partial charge >= 0.3 is 0 Å². The molecular formula is C18H24N2O4. The molecule has 0 unspecified atom stereocenters. The molecule has 2 rings (SSSR count). The maximum Gasteiger partial charge on any atom is 0.251 e. The van der Waals surface area contributed by atoms with Gasteiger partial charge in [-0.2, -0.15) is 0 Å². The number of H-pyrrole nitrogens is 1. The molecular weight excluding hydrogens is 308 g/mol. The number of amides is 1. The normalized spacial score (nSPS) is 10.8. The predicted octanol–water partition coefficient (Wildman–Crippen LogP) is 2.01. The van der Waals surface area contributed by atoms with Crippen LogP contribution < -0.4 is 15.6 Å². The Morgan fingerprint density at radius 3 is 2.88 bits per heavy atom. The van der Waals surface area contributed by atoms with Crippen LogP contribution in [0.1, 0.15) is 25.3 Å². The van der Waals surface area contributed by atoms with Crippen molar-refractivity contribution >= 4 is 16.8 Å². The van der Waals surface area contributed by atoms with Gasteiger partial charge in [0.05, 0.1) is 7.11 Å². The number of hydrogen-bond acceptors (Lipinski definition) is 4. The average Bonchev–Trinajstić information content (AvgIpc) is 2.59. The Labute approximate surface area is 141 Å². The van der Waals surface area contributed by atoms with Gasteiger partial charge in [-0.1, -0.05) is 0 Å². The van der Waals surface area contributed by atoms with Crippen LogP contribution in [0.2, 0.25) is 0 Å². The fourth-order valence-electron chi connectivity index (χ4n) is 2.43. The summed E-state index contributed by atoms with van der Waals surface area (Å²) in [5.74, 6) is 0.671. The van der Waals surface area contributed by atoms with Crippen LogP contribution in [0.5, 0.6) is 5.75 Å². The van der Waals surface area contributed by atoms with Crippen LogP contribution in [0.3, 0.4) is 0 Å². The quantitative estimate of drug-likeness (QED) is 0.689. The lowest BCUT2D eigenvalue weighted by Crippen LogP contribution is -2.26. The summed E-state index contributed by atoms with van der Waals surface area (Å²) in [5.41, 5.74) is 1.20. The van der Waals surface area contributed by atoms with Crippen LogP contribution in [0.4, 0.5) is 0 Å². The summed E-state index contributed by atoms with van der Waals surface area (Å²) in [5, 5.41) is 3.73. The van der Waals surface area contributed by atoms with E-state index < -0.39 is 0 Å². The highest BCUT2D eigenvalue weighted by molar-refractivity contribution is 5.81. The number of fused-ring (bicyclic) bond motifs is 1. The lowest BCUT2D eigenvalue weighted by Gasteiger charge is -2.07. The van der Waals surface area contributed by atoms with E-state index in [0.29, 0.717) is 31.7 Å². The van der Waals surface area contributed by atoms with Crippen molar-refractivity contribution < 1.29 is 14.3 Å². The predicted molar refractivity (Wildman–Crippen MR) is 93.6 cm³/mol. The molecule has 0 spiro atoms. The van der Waals surface area contributed by atoms with Gasteiger partial charge in [0.2, 0.25) is 5.91 Å². The van der Waals surface area contributed by atoms with Crippen molar-refractivity contribution in [2.75, 3.05) is 26.9 Å². The second-order valence-electron chi connectivity index (χ2n) is 5.48. The number of benzene rings is 1. The smallest absolute Gasteiger partial charge is 0.251 e. The lowest BCUT2D eigenvalue weighted by molar-refractivity contribution is -0.121. The number of nitrogens with one attached hydrogen (secondary N) is 2. The summed E-state index contributed by atoms with van der Waals surface area (Å²) in [4.78, 5) is 26.8. The summed E-state index contributed by atoms with van der Waals surface area (Å²) in [6, 6.07) is 7.29. The monoisotopic (exact) mass is 332 g/mol. The van der Waals surface area contributed by atoms with Crippen LogP contribution in [-0.2, 0) is 16.0 Å². The molecule has 2 N–H and O–H groups in total. The van der Waals surface area contributed by atoms with Crippen molar-refractivity contribution in [2.45, 2.75) is 26.2 Å². The van der Waals surface area contributed by atoms with Gasteiger partial charge < -0.3 is 19.8 Å². The first-order valence-electron chi connectivity index (χ1n) is 8.18. The van der Waals surface area contributed by atoms with Crippen molar-refractivity contribution in [1.29, 1.82) is 0 Å². The lowest BCUT2D eigenvalue weighted by atomic mass is 10.1. The van der Waals surface area contributed by atoms with Crippen LogP contribution in [0, 0.1) is 0 Å². The Balaban J connectivity index is 1.93. The molecule has 0 saturated carbocycles. The molecule has 1 heterocycles. The number of methoxy groups -OCH3 is 1. The molecule has 1 amide bonds. The fourth-order valence-corrected chi connectivity index (χ4v) is 2.43. The summed E-state index contributed by atoms with van der Waals surface area (Å²) in [6.07, 6.45) is 1.48. The van der Waals surface area contributed by atoms with Crippen LogP contribution in [0.25, 0.3) is 10.9 Å². The summed E-state index contributed by atoms with van der Waals surface area (Å²) < 4.78 is 10.4. The van der Waals surface area contributed by atoms with Crippen molar-refractivity contribution in [3.8, 4) is 5.75 Å².